The Labute approximate surface area is 140 Å². The molecule has 2 aliphatic carbocycles. The first kappa shape index (κ1) is 14.6. The van der Waals surface area contributed by atoms with Gasteiger partial charge in [-0.2, -0.15) is 10.1 Å². The first-order valence-corrected chi connectivity index (χ1v) is 8.88. The second-order valence-corrected chi connectivity index (χ2v) is 7.34. The maximum Gasteiger partial charge on any atom is 0.234 e. The highest BCUT2D eigenvalue weighted by Crippen LogP contribution is 2.45. The summed E-state index contributed by atoms with van der Waals surface area (Å²) in [5.41, 5.74) is 2.40. The lowest BCUT2D eigenvalue weighted by Crippen LogP contribution is -2.25. The fourth-order valence-corrected chi connectivity index (χ4v) is 4.50. The Hall–Kier alpha value is -1.73. The Kier molecular flexibility index (Phi) is 3.28. The van der Waals surface area contributed by atoms with Crippen molar-refractivity contribution in [3.05, 3.63) is 29.2 Å². The van der Waals surface area contributed by atoms with Crippen molar-refractivity contribution in [1.82, 2.24) is 20.3 Å². The van der Waals surface area contributed by atoms with Gasteiger partial charge in [0.05, 0.1) is 25.3 Å². The summed E-state index contributed by atoms with van der Waals surface area (Å²) in [6, 6.07) is 0. The van der Waals surface area contributed by atoms with Crippen molar-refractivity contribution < 1.29 is 14.0 Å². The maximum atomic E-state index is 5.81. The van der Waals surface area contributed by atoms with Crippen molar-refractivity contribution >= 4 is 0 Å². The van der Waals surface area contributed by atoms with Crippen molar-refractivity contribution in [2.75, 3.05) is 13.2 Å². The number of hydrogen-bond acceptors (Lipinski definition) is 6. The molecule has 1 saturated carbocycles. The van der Waals surface area contributed by atoms with Gasteiger partial charge in [-0.25, -0.2) is 0 Å². The first-order valence-electron chi connectivity index (χ1n) is 8.88. The lowest BCUT2D eigenvalue weighted by molar-refractivity contribution is -0.151. The van der Waals surface area contributed by atoms with Crippen LogP contribution in [0.25, 0.3) is 0 Å². The fraction of sp³-hybridized carbons (Fsp3) is 0.706. The van der Waals surface area contributed by atoms with Crippen LogP contribution in [0.4, 0.5) is 0 Å². The third-order valence-electron chi connectivity index (χ3n) is 5.84. The van der Waals surface area contributed by atoms with Crippen molar-refractivity contribution in [3.63, 3.8) is 0 Å². The SMILES string of the molecule is CC1CCc2[nH]ncc2C1c1nc(C2CCC3(C2)OCCO3)no1. The molecule has 1 spiro atoms. The molecular formula is C17H22N4O3. The predicted molar refractivity (Wildman–Crippen MR) is 83.4 cm³/mol. The summed E-state index contributed by atoms with van der Waals surface area (Å²) in [6.07, 6.45) is 6.76. The quantitative estimate of drug-likeness (QED) is 0.910. The summed E-state index contributed by atoms with van der Waals surface area (Å²) in [5, 5.41) is 11.6. The smallest absolute Gasteiger partial charge is 0.234 e. The van der Waals surface area contributed by atoms with Crippen LogP contribution in [0.15, 0.2) is 10.7 Å². The number of aromatic nitrogens is 4. The van der Waals surface area contributed by atoms with Gasteiger partial charge in [-0.15, -0.1) is 0 Å². The Balaban J connectivity index is 1.40. The number of nitrogens with one attached hydrogen (secondary N) is 1. The van der Waals surface area contributed by atoms with Crippen molar-refractivity contribution in [3.8, 4) is 0 Å². The number of hydrogen-bond donors (Lipinski definition) is 1. The number of H-pyrrole nitrogens is 1. The maximum absolute atomic E-state index is 5.81. The molecule has 5 rings (SSSR count). The van der Waals surface area contributed by atoms with E-state index < -0.39 is 5.79 Å². The van der Waals surface area contributed by atoms with Crippen molar-refractivity contribution in [1.29, 1.82) is 0 Å². The van der Waals surface area contributed by atoms with Gasteiger partial charge >= 0.3 is 0 Å². The molecule has 0 bridgehead atoms. The van der Waals surface area contributed by atoms with E-state index in [4.69, 9.17) is 19.0 Å². The number of fused-ring (bicyclic) bond motifs is 1. The molecule has 2 fully saturated rings. The van der Waals surface area contributed by atoms with E-state index in [-0.39, 0.29) is 11.8 Å². The molecule has 2 aromatic rings. The van der Waals surface area contributed by atoms with E-state index in [1.165, 1.54) is 11.3 Å². The van der Waals surface area contributed by atoms with Crippen LogP contribution >= 0.6 is 0 Å². The molecule has 3 atom stereocenters. The van der Waals surface area contributed by atoms with E-state index in [2.05, 4.69) is 22.3 Å². The van der Waals surface area contributed by atoms with Gasteiger partial charge in [0.2, 0.25) is 5.89 Å². The number of aryl methyl sites for hydroxylation is 1. The molecular weight excluding hydrogens is 308 g/mol. The Bertz CT molecular complexity index is 734. The first-order chi connectivity index (χ1) is 11.7. The van der Waals surface area contributed by atoms with Crippen LogP contribution in [0.2, 0.25) is 0 Å². The zero-order valence-corrected chi connectivity index (χ0v) is 13.8. The molecule has 3 unspecified atom stereocenters. The number of nitrogens with zero attached hydrogens (tertiary/aromatic N) is 3. The van der Waals surface area contributed by atoms with E-state index in [1.807, 2.05) is 6.20 Å². The van der Waals surface area contributed by atoms with Crippen LogP contribution in [-0.4, -0.2) is 39.3 Å². The van der Waals surface area contributed by atoms with Gasteiger partial charge in [-0.3, -0.25) is 5.10 Å². The Morgan fingerprint density at radius 3 is 3.00 bits per heavy atom. The average Bonchev–Trinajstić information content (AvgIpc) is 3.34. The van der Waals surface area contributed by atoms with Gasteiger partial charge in [0.25, 0.3) is 0 Å². The summed E-state index contributed by atoms with van der Waals surface area (Å²) >= 11 is 0. The van der Waals surface area contributed by atoms with E-state index >= 15 is 0 Å². The zero-order valence-electron chi connectivity index (χ0n) is 13.8. The molecule has 1 N–H and O–H groups in total. The molecule has 1 aliphatic heterocycles. The lowest BCUT2D eigenvalue weighted by Gasteiger charge is -2.25. The summed E-state index contributed by atoms with van der Waals surface area (Å²) in [4.78, 5) is 4.77. The van der Waals surface area contributed by atoms with Gasteiger partial charge in [0.1, 0.15) is 0 Å². The molecule has 7 nitrogen and oxygen atoms in total. The monoisotopic (exact) mass is 330 g/mol. The summed E-state index contributed by atoms with van der Waals surface area (Å²) < 4.78 is 17.3. The average molecular weight is 330 g/mol. The van der Waals surface area contributed by atoms with Crippen LogP contribution < -0.4 is 0 Å². The second-order valence-electron chi connectivity index (χ2n) is 7.34. The van der Waals surface area contributed by atoms with Crippen molar-refractivity contribution in [2.45, 2.75) is 56.7 Å². The number of rotatable bonds is 2. The molecule has 3 heterocycles. The van der Waals surface area contributed by atoms with Crippen molar-refractivity contribution in [2.24, 2.45) is 5.92 Å². The van der Waals surface area contributed by atoms with Crippen LogP contribution in [-0.2, 0) is 15.9 Å². The third-order valence-corrected chi connectivity index (χ3v) is 5.84. The molecule has 24 heavy (non-hydrogen) atoms. The van der Waals surface area contributed by atoms with Crippen LogP contribution in [0.5, 0.6) is 0 Å². The summed E-state index contributed by atoms with van der Waals surface area (Å²) in [6.45, 7) is 3.62. The highest BCUT2D eigenvalue weighted by Gasteiger charge is 2.46. The topological polar surface area (TPSA) is 86.1 Å². The van der Waals surface area contributed by atoms with Crippen LogP contribution in [0.3, 0.4) is 0 Å². The second kappa shape index (κ2) is 5.39. The van der Waals surface area contributed by atoms with Gasteiger partial charge in [0, 0.05) is 30.0 Å². The molecule has 128 valence electrons. The molecule has 0 amide bonds. The fourth-order valence-electron chi connectivity index (χ4n) is 4.50. The van der Waals surface area contributed by atoms with Crippen LogP contribution in [0.1, 0.15) is 67.4 Å². The molecule has 0 radical (unpaired) electrons. The van der Waals surface area contributed by atoms with Crippen LogP contribution in [0, 0.1) is 5.92 Å². The van der Waals surface area contributed by atoms with Gasteiger partial charge in [-0.1, -0.05) is 12.1 Å². The van der Waals surface area contributed by atoms with Gasteiger partial charge < -0.3 is 14.0 Å². The van der Waals surface area contributed by atoms with E-state index in [1.54, 1.807) is 0 Å². The summed E-state index contributed by atoms with van der Waals surface area (Å²) in [7, 11) is 0. The predicted octanol–water partition coefficient (Wildman–Crippen LogP) is 2.52. The number of aromatic amines is 1. The molecule has 7 heteroatoms. The molecule has 2 aromatic heterocycles. The lowest BCUT2D eigenvalue weighted by atomic mass is 9.79. The Morgan fingerprint density at radius 1 is 1.25 bits per heavy atom. The summed E-state index contributed by atoms with van der Waals surface area (Å²) in [5.74, 6) is 1.98. The molecule has 3 aliphatic rings. The minimum Gasteiger partial charge on any atom is -0.348 e. The number of ether oxygens (including phenoxy) is 2. The van der Waals surface area contributed by atoms with Gasteiger partial charge in [0.15, 0.2) is 11.6 Å². The Morgan fingerprint density at radius 2 is 2.12 bits per heavy atom. The molecule has 1 saturated heterocycles. The highest BCUT2D eigenvalue weighted by molar-refractivity contribution is 5.30. The minimum atomic E-state index is -0.401. The van der Waals surface area contributed by atoms with E-state index in [9.17, 15) is 0 Å². The molecule has 0 aromatic carbocycles. The van der Waals surface area contributed by atoms with E-state index in [0.717, 1.165) is 37.9 Å². The van der Waals surface area contributed by atoms with Gasteiger partial charge in [-0.05, 0) is 25.2 Å². The normalized spacial score (nSPS) is 31.6. The minimum absolute atomic E-state index is 0.142. The third kappa shape index (κ3) is 2.22. The largest absolute Gasteiger partial charge is 0.348 e. The van der Waals surface area contributed by atoms with E-state index in [0.29, 0.717) is 25.0 Å². The highest BCUT2D eigenvalue weighted by atomic mass is 16.7. The standard InChI is InChI=1S/C17H22N4O3/c1-10-2-3-13-12(9-18-20-13)14(10)16-19-15(21-24-16)11-4-5-17(8-11)22-6-7-23-17/h9-11,14H,2-8H2,1H3,(H,18,20). The zero-order chi connectivity index (χ0) is 16.1.